The molecule has 24 heavy (non-hydrogen) atoms. The summed E-state index contributed by atoms with van der Waals surface area (Å²) < 4.78 is 1.79. The lowest BCUT2D eigenvalue weighted by atomic mass is 10.1. The van der Waals surface area contributed by atoms with Gasteiger partial charge >= 0.3 is 0 Å². The van der Waals surface area contributed by atoms with E-state index in [9.17, 15) is 9.59 Å². The average Bonchev–Trinajstić information content (AvgIpc) is 3.25. The summed E-state index contributed by atoms with van der Waals surface area (Å²) in [5, 5.41) is 7.22. The third kappa shape index (κ3) is 3.82. The van der Waals surface area contributed by atoms with Crippen molar-refractivity contribution in [2.24, 2.45) is 0 Å². The third-order valence-electron chi connectivity index (χ3n) is 4.30. The Morgan fingerprint density at radius 2 is 2.25 bits per heavy atom. The van der Waals surface area contributed by atoms with Gasteiger partial charge in [0.1, 0.15) is 0 Å². The minimum atomic E-state index is -0.0951. The summed E-state index contributed by atoms with van der Waals surface area (Å²) in [6, 6.07) is 9.71. The number of carbonyl (C=O) groups excluding carboxylic acids is 2. The lowest BCUT2D eigenvalue weighted by Gasteiger charge is -2.18. The number of hydrogen-bond donors (Lipinski definition) is 1. The van der Waals surface area contributed by atoms with Crippen LogP contribution in [-0.4, -0.2) is 39.6 Å². The fraction of sp³-hybridized carbons (Fsp3) is 0.389. The molecule has 1 aromatic heterocycles. The van der Waals surface area contributed by atoms with Crippen molar-refractivity contribution in [2.45, 2.75) is 32.2 Å². The quantitative estimate of drug-likeness (QED) is 0.883. The summed E-state index contributed by atoms with van der Waals surface area (Å²) in [6.45, 7) is 3.24. The van der Waals surface area contributed by atoms with Gasteiger partial charge in [0.25, 0.3) is 0 Å². The van der Waals surface area contributed by atoms with E-state index in [4.69, 9.17) is 0 Å². The third-order valence-corrected chi connectivity index (χ3v) is 4.30. The van der Waals surface area contributed by atoms with Gasteiger partial charge in [0.05, 0.1) is 11.7 Å². The van der Waals surface area contributed by atoms with E-state index >= 15 is 0 Å². The molecule has 0 radical (unpaired) electrons. The largest absolute Gasteiger partial charge is 0.350 e. The van der Waals surface area contributed by atoms with E-state index in [2.05, 4.69) is 10.4 Å². The molecule has 1 fully saturated rings. The van der Waals surface area contributed by atoms with E-state index in [1.807, 2.05) is 43.5 Å². The Balaban J connectivity index is 1.56. The second kappa shape index (κ2) is 7.29. The first-order valence-electron chi connectivity index (χ1n) is 8.30. The molecular weight excluding hydrogens is 304 g/mol. The zero-order chi connectivity index (χ0) is 16.9. The second-order valence-corrected chi connectivity index (χ2v) is 6.07. The van der Waals surface area contributed by atoms with Crippen molar-refractivity contribution in [3.63, 3.8) is 0 Å². The monoisotopic (exact) mass is 326 g/mol. The summed E-state index contributed by atoms with van der Waals surface area (Å²) in [4.78, 5) is 25.5. The highest BCUT2D eigenvalue weighted by Gasteiger charge is 2.20. The zero-order valence-corrected chi connectivity index (χ0v) is 13.8. The van der Waals surface area contributed by atoms with E-state index in [1.54, 1.807) is 15.8 Å². The molecule has 1 aromatic carbocycles. The predicted octanol–water partition coefficient (Wildman–Crippen LogP) is 2.06. The summed E-state index contributed by atoms with van der Waals surface area (Å²) in [6.07, 6.45) is 5.47. The standard InChI is InChI=1S/C18H22N4O2/c1-14(20-17(23)8-12-21-10-3-7-18(21)24)15-5-2-6-16(13-15)22-11-4-9-19-22/h2,4-6,9,11,13-14H,3,7-8,10,12H2,1H3,(H,20,23). The highest BCUT2D eigenvalue weighted by Crippen LogP contribution is 2.17. The molecule has 3 rings (SSSR count). The van der Waals surface area contributed by atoms with Crippen molar-refractivity contribution >= 4 is 11.8 Å². The van der Waals surface area contributed by atoms with Crippen molar-refractivity contribution in [1.82, 2.24) is 20.0 Å². The Bertz CT molecular complexity index is 712. The molecule has 126 valence electrons. The fourth-order valence-electron chi connectivity index (χ4n) is 2.93. The SMILES string of the molecule is CC(NC(=O)CCN1CCCC1=O)c1cccc(-n2cccn2)c1. The number of carbonyl (C=O) groups is 2. The Labute approximate surface area is 141 Å². The van der Waals surface area contributed by atoms with Crippen LogP contribution in [0.5, 0.6) is 0 Å². The van der Waals surface area contributed by atoms with Crippen molar-refractivity contribution in [3.8, 4) is 5.69 Å². The van der Waals surface area contributed by atoms with Gasteiger partial charge in [0, 0.05) is 38.3 Å². The van der Waals surface area contributed by atoms with Gasteiger partial charge in [-0.15, -0.1) is 0 Å². The number of benzene rings is 1. The van der Waals surface area contributed by atoms with Crippen LogP contribution in [0.3, 0.4) is 0 Å². The lowest BCUT2D eigenvalue weighted by molar-refractivity contribution is -0.128. The van der Waals surface area contributed by atoms with E-state index in [0.717, 1.165) is 24.2 Å². The Hall–Kier alpha value is -2.63. The van der Waals surface area contributed by atoms with E-state index < -0.39 is 0 Å². The molecule has 2 heterocycles. The summed E-state index contributed by atoms with van der Waals surface area (Å²) >= 11 is 0. The Morgan fingerprint density at radius 3 is 2.96 bits per heavy atom. The van der Waals surface area contributed by atoms with Crippen LogP contribution in [0.2, 0.25) is 0 Å². The molecule has 0 saturated carbocycles. The molecule has 1 saturated heterocycles. The van der Waals surface area contributed by atoms with Crippen molar-refractivity contribution < 1.29 is 9.59 Å². The fourth-order valence-corrected chi connectivity index (χ4v) is 2.93. The number of nitrogens with one attached hydrogen (secondary N) is 1. The van der Waals surface area contributed by atoms with Crippen molar-refractivity contribution in [1.29, 1.82) is 0 Å². The van der Waals surface area contributed by atoms with Gasteiger partial charge in [-0.05, 0) is 37.1 Å². The molecule has 0 spiro atoms. The number of nitrogens with zero attached hydrogens (tertiary/aromatic N) is 3. The highest BCUT2D eigenvalue weighted by atomic mass is 16.2. The molecule has 2 aromatic rings. The van der Waals surface area contributed by atoms with Crippen molar-refractivity contribution in [3.05, 3.63) is 48.3 Å². The smallest absolute Gasteiger partial charge is 0.222 e. The maximum Gasteiger partial charge on any atom is 0.222 e. The summed E-state index contributed by atoms with van der Waals surface area (Å²) in [5.41, 5.74) is 1.98. The molecule has 1 aliphatic rings. The molecule has 1 N–H and O–H groups in total. The van der Waals surface area contributed by atoms with Gasteiger partial charge in [-0.25, -0.2) is 4.68 Å². The van der Waals surface area contributed by atoms with Gasteiger partial charge < -0.3 is 10.2 Å². The molecular formula is C18H22N4O2. The topological polar surface area (TPSA) is 67.2 Å². The Kier molecular flexibility index (Phi) is 4.93. The number of likely N-dealkylation sites (tertiary alicyclic amines) is 1. The lowest BCUT2D eigenvalue weighted by Crippen LogP contribution is -2.32. The first-order valence-corrected chi connectivity index (χ1v) is 8.30. The maximum absolute atomic E-state index is 12.1. The van der Waals surface area contributed by atoms with Crippen molar-refractivity contribution in [2.75, 3.05) is 13.1 Å². The summed E-state index contributed by atoms with van der Waals surface area (Å²) in [5.74, 6) is 0.120. The normalized spacial score (nSPS) is 15.5. The predicted molar refractivity (Wildman–Crippen MR) is 90.6 cm³/mol. The molecule has 0 aliphatic carbocycles. The van der Waals surface area contributed by atoms with Crippen LogP contribution < -0.4 is 5.32 Å². The minimum absolute atomic E-state index is 0.0355. The molecule has 6 nitrogen and oxygen atoms in total. The second-order valence-electron chi connectivity index (χ2n) is 6.07. The highest BCUT2D eigenvalue weighted by molar-refractivity contribution is 5.80. The van der Waals surface area contributed by atoms with E-state index in [1.165, 1.54) is 0 Å². The van der Waals surface area contributed by atoms with Gasteiger partial charge in [-0.2, -0.15) is 5.10 Å². The Morgan fingerprint density at radius 1 is 1.38 bits per heavy atom. The van der Waals surface area contributed by atoms with Crippen LogP contribution in [0.1, 0.15) is 37.8 Å². The molecule has 2 amide bonds. The van der Waals surface area contributed by atoms with Gasteiger partial charge in [0.2, 0.25) is 11.8 Å². The number of amides is 2. The van der Waals surface area contributed by atoms with E-state index in [-0.39, 0.29) is 17.9 Å². The van der Waals surface area contributed by atoms with Crippen LogP contribution in [0, 0.1) is 0 Å². The van der Waals surface area contributed by atoms with Crippen LogP contribution in [0.15, 0.2) is 42.7 Å². The number of aromatic nitrogens is 2. The molecule has 6 heteroatoms. The van der Waals surface area contributed by atoms with Crippen LogP contribution in [0.25, 0.3) is 5.69 Å². The summed E-state index contributed by atoms with van der Waals surface area (Å²) in [7, 11) is 0. The zero-order valence-electron chi connectivity index (χ0n) is 13.8. The maximum atomic E-state index is 12.1. The van der Waals surface area contributed by atoms with Gasteiger partial charge in [0.15, 0.2) is 0 Å². The van der Waals surface area contributed by atoms with Crippen LogP contribution in [0.4, 0.5) is 0 Å². The molecule has 1 unspecified atom stereocenters. The number of hydrogen-bond acceptors (Lipinski definition) is 3. The minimum Gasteiger partial charge on any atom is -0.350 e. The molecule has 1 atom stereocenters. The molecule has 1 aliphatic heterocycles. The van der Waals surface area contributed by atoms with E-state index in [0.29, 0.717) is 19.4 Å². The van der Waals surface area contributed by atoms with Crippen LogP contribution >= 0.6 is 0 Å². The average molecular weight is 326 g/mol. The number of rotatable bonds is 6. The first kappa shape index (κ1) is 16.2. The van der Waals surface area contributed by atoms with Crippen LogP contribution in [-0.2, 0) is 9.59 Å². The first-order chi connectivity index (χ1) is 11.6. The van der Waals surface area contributed by atoms with Gasteiger partial charge in [-0.1, -0.05) is 12.1 Å². The van der Waals surface area contributed by atoms with Gasteiger partial charge in [-0.3, -0.25) is 9.59 Å². The molecule has 0 bridgehead atoms.